The highest BCUT2D eigenvalue weighted by Gasteiger charge is 2.37. The highest BCUT2D eigenvalue weighted by atomic mass is 16.7. The van der Waals surface area contributed by atoms with Gasteiger partial charge in [0.05, 0.1) is 36.6 Å². The monoisotopic (exact) mass is 344 g/mol. The van der Waals surface area contributed by atoms with Gasteiger partial charge in [-0.05, 0) is 26.7 Å². The fourth-order valence-electron chi connectivity index (χ4n) is 3.06. The maximum absolute atomic E-state index is 10.1. The SMILES string of the molecule is C=CC(O)C[C@H](O)C[C@@H]1C[C@@H](C[C@@H](O)CC(O)C=C)OC(C)(C)O1. The number of ether oxygens (including phenoxy) is 2. The van der Waals surface area contributed by atoms with E-state index in [-0.39, 0.29) is 25.0 Å². The quantitative estimate of drug-likeness (QED) is 0.446. The van der Waals surface area contributed by atoms with Gasteiger partial charge >= 0.3 is 0 Å². The molecule has 0 radical (unpaired) electrons. The van der Waals surface area contributed by atoms with Gasteiger partial charge in [0.2, 0.25) is 0 Å². The molecule has 6 atom stereocenters. The Morgan fingerprint density at radius 2 is 1.29 bits per heavy atom. The number of aliphatic hydroxyl groups is 4. The molecule has 1 saturated heterocycles. The zero-order chi connectivity index (χ0) is 18.3. The fraction of sp³-hybridized carbons (Fsp3) is 0.778. The van der Waals surface area contributed by atoms with Gasteiger partial charge in [0.25, 0.3) is 0 Å². The van der Waals surface area contributed by atoms with Gasteiger partial charge in [0.15, 0.2) is 5.79 Å². The lowest BCUT2D eigenvalue weighted by Crippen LogP contribution is -2.46. The van der Waals surface area contributed by atoms with Crippen molar-refractivity contribution < 1.29 is 29.9 Å². The molecule has 0 saturated carbocycles. The van der Waals surface area contributed by atoms with E-state index in [4.69, 9.17) is 9.47 Å². The molecule has 140 valence electrons. The summed E-state index contributed by atoms with van der Waals surface area (Å²) in [4.78, 5) is 0. The molecule has 0 bridgehead atoms. The van der Waals surface area contributed by atoms with E-state index in [9.17, 15) is 20.4 Å². The lowest BCUT2D eigenvalue weighted by atomic mass is 9.95. The third kappa shape index (κ3) is 7.88. The van der Waals surface area contributed by atoms with Crippen molar-refractivity contribution in [3.63, 3.8) is 0 Å². The second kappa shape index (κ2) is 9.65. The van der Waals surface area contributed by atoms with E-state index in [0.29, 0.717) is 19.3 Å². The van der Waals surface area contributed by atoms with Crippen LogP contribution in [0.5, 0.6) is 0 Å². The molecule has 0 aromatic carbocycles. The highest BCUT2D eigenvalue weighted by Crippen LogP contribution is 2.31. The smallest absolute Gasteiger partial charge is 0.163 e. The Morgan fingerprint density at radius 3 is 1.62 bits per heavy atom. The molecule has 1 fully saturated rings. The summed E-state index contributed by atoms with van der Waals surface area (Å²) in [5.41, 5.74) is 0. The van der Waals surface area contributed by atoms with Crippen LogP contribution in [0.15, 0.2) is 25.3 Å². The maximum Gasteiger partial charge on any atom is 0.163 e. The summed E-state index contributed by atoms with van der Waals surface area (Å²) in [5.74, 6) is -0.818. The van der Waals surface area contributed by atoms with Gasteiger partial charge in [0, 0.05) is 19.3 Å². The second-order valence-corrected chi connectivity index (χ2v) is 6.97. The van der Waals surface area contributed by atoms with Crippen LogP contribution in [0.3, 0.4) is 0 Å². The summed E-state index contributed by atoms with van der Waals surface area (Å²) in [6.45, 7) is 10.6. The van der Waals surface area contributed by atoms with E-state index in [1.807, 2.05) is 0 Å². The highest BCUT2D eigenvalue weighted by molar-refractivity contribution is 4.86. The molecule has 2 unspecified atom stereocenters. The van der Waals surface area contributed by atoms with E-state index in [2.05, 4.69) is 13.2 Å². The van der Waals surface area contributed by atoms with Crippen molar-refractivity contribution in [2.24, 2.45) is 0 Å². The summed E-state index contributed by atoms with van der Waals surface area (Å²) in [6, 6.07) is 0. The molecule has 1 aliphatic rings. The normalized spacial score (nSPS) is 28.6. The minimum absolute atomic E-state index is 0.212. The van der Waals surface area contributed by atoms with Gasteiger partial charge in [-0.1, -0.05) is 12.2 Å². The van der Waals surface area contributed by atoms with E-state index < -0.39 is 30.2 Å². The average molecular weight is 344 g/mol. The molecule has 1 aliphatic heterocycles. The van der Waals surface area contributed by atoms with Gasteiger partial charge < -0.3 is 29.9 Å². The van der Waals surface area contributed by atoms with E-state index in [1.165, 1.54) is 12.2 Å². The van der Waals surface area contributed by atoms with Crippen molar-refractivity contribution in [3.8, 4) is 0 Å². The molecule has 24 heavy (non-hydrogen) atoms. The lowest BCUT2D eigenvalue weighted by molar-refractivity contribution is -0.305. The summed E-state index contributed by atoms with van der Waals surface area (Å²) >= 11 is 0. The van der Waals surface area contributed by atoms with Gasteiger partial charge in [0.1, 0.15) is 0 Å². The Bertz CT molecular complexity index is 363. The first-order chi connectivity index (χ1) is 11.1. The molecule has 1 rings (SSSR count). The van der Waals surface area contributed by atoms with E-state index >= 15 is 0 Å². The van der Waals surface area contributed by atoms with Gasteiger partial charge in [-0.25, -0.2) is 0 Å². The zero-order valence-corrected chi connectivity index (χ0v) is 14.7. The van der Waals surface area contributed by atoms with Crippen LogP contribution in [0.4, 0.5) is 0 Å². The Morgan fingerprint density at radius 1 is 0.917 bits per heavy atom. The minimum Gasteiger partial charge on any atom is -0.393 e. The zero-order valence-electron chi connectivity index (χ0n) is 14.7. The van der Waals surface area contributed by atoms with Crippen molar-refractivity contribution >= 4 is 0 Å². The summed E-state index contributed by atoms with van der Waals surface area (Å²) in [7, 11) is 0. The van der Waals surface area contributed by atoms with E-state index in [0.717, 1.165) is 0 Å². The van der Waals surface area contributed by atoms with Gasteiger partial charge in [-0.15, -0.1) is 13.2 Å². The Balaban J connectivity index is 2.56. The van der Waals surface area contributed by atoms with Crippen molar-refractivity contribution in [2.45, 2.75) is 88.4 Å². The summed E-state index contributed by atoms with van der Waals surface area (Å²) in [5, 5.41) is 39.2. The molecule has 0 aromatic heterocycles. The first kappa shape index (κ1) is 21.3. The van der Waals surface area contributed by atoms with Crippen LogP contribution >= 0.6 is 0 Å². The number of aliphatic hydroxyl groups excluding tert-OH is 4. The van der Waals surface area contributed by atoms with E-state index in [1.54, 1.807) is 13.8 Å². The minimum atomic E-state index is -0.818. The van der Waals surface area contributed by atoms with Crippen LogP contribution < -0.4 is 0 Å². The Kier molecular flexibility index (Phi) is 8.56. The molecular formula is C18H32O6. The van der Waals surface area contributed by atoms with Crippen LogP contribution in [0, 0.1) is 0 Å². The van der Waals surface area contributed by atoms with Crippen LogP contribution in [0.1, 0.15) is 46.0 Å². The van der Waals surface area contributed by atoms with Crippen molar-refractivity contribution in [1.82, 2.24) is 0 Å². The molecular weight excluding hydrogens is 312 g/mol. The molecule has 0 aromatic rings. The number of hydrogen-bond acceptors (Lipinski definition) is 6. The molecule has 4 N–H and O–H groups in total. The maximum atomic E-state index is 10.1. The van der Waals surface area contributed by atoms with Crippen molar-refractivity contribution in [2.75, 3.05) is 0 Å². The molecule has 0 amide bonds. The third-order valence-corrected chi connectivity index (χ3v) is 4.07. The molecule has 6 heteroatoms. The number of rotatable bonds is 10. The molecule has 1 heterocycles. The lowest BCUT2D eigenvalue weighted by Gasteiger charge is -2.42. The van der Waals surface area contributed by atoms with Crippen LogP contribution in [-0.2, 0) is 9.47 Å². The first-order valence-electron chi connectivity index (χ1n) is 8.48. The summed E-state index contributed by atoms with van der Waals surface area (Å²) in [6.07, 6.45) is 1.12. The fourth-order valence-corrected chi connectivity index (χ4v) is 3.06. The van der Waals surface area contributed by atoms with Gasteiger partial charge in [-0.2, -0.15) is 0 Å². The summed E-state index contributed by atoms with van der Waals surface area (Å²) < 4.78 is 11.7. The standard InChI is InChI=1S/C18H32O6/c1-5-12(19)7-14(21)9-16-11-17(24-18(3,4)23-16)10-15(22)8-13(20)6-2/h5-6,12-17,19-22H,1-2,7-11H2,3-4H3/t12?,13?,14-,15-,16+,17+/m0/s1. The largest absolute Gasteiger partial charge is 0.393 e. The third-order valence-electron chi connectivity index (χ3n) is 4.07. The Hall–Kier alpha value is -0.760. The van der Waals surface area contributed by atoms with Crippen LogP contribution in [0.25, 0.3) is 0 Å². The number of hydrogen-bond donors (Lipinski definition) is 4. The van der Waals surface area contributed by atoms with Gasteiger partial charge in [-0.3, -0.25) is 0 Å². The molecule has 0 aliphatic carbocycles. The van der Waals surface area contributed by atoms with Crippen LogP contribution in [0.2, 0.25) is 0 Å². The second-order valence-electron chi connectivity index (χ2n) is 6.97. The predicted molar refractivity (Wildman–Crippen MR) is 91.3 cm³/mol. The van der Waals surface area contributed by atoms with Crippen molar-refractivity contribution in [3.05, 3.63) is 25.3 Å². The molecule has 6 nitrogen and oxygen atoms in total. The van der Waals surface area contributed by atoms with Crippen molar-refractivity contribution in [1.29, 1.82) is 0 Å². The molecule has 0 spiro atoms. The first-order valence-corrected chi connectivity index (χ1v) is 8.48. The average Bonchev–Trinajstić information content (AvgIpc) is 2.44. The van der Waals surface area contributed by atoms with Crippen LogP contribution in [-0.4, -0.2) is 62.8 Å². The topological polar surface area (TPSA) is 99.4 Å². The predicted octanol–water partition coefficient (Wildman–Crippen LogP) is 1.27. The Labute approximate surface area is 144 Å².